The second-order valence-corrected chi connectivity index (χ2v) is 5.25. The van der Waals surface area contributed by atoms with E-state index >= 15 is 0 Å². The molecule has 0 aromatic rings. The molecule has 1 fully saturated rings. The second-order valence-electron chi connectivity index (χ2n) is 5.25. The molecule has 0 spiro atoms. The molecule has 17 heavy (non-hydrogen) atoms. The van der Waals surface area contributed by atoms with Crippen molar-refractivity contribution in [3.8, 4) is 0 Å². The van der Waals surface area contributed by atoms with Gasteiger partial charge < -0.3 is 15.2 Å². The van der Waals surface area contributed by atoms with Crippen LogP contribution in [0.1, 0.15) is 26.2 Å². The molecule has 0 aliphatic heterocycles. The Morgan fingerprint density at radius 3 is 2.18 bits per heavy atom. The molecule has 0 heterocycles. The molecule has 0 radical (unpaired) electrons. The van der Waals surface area contributed by atoms with Gasteiger partial charge in [0, 0.05) is 39.4 Å². The predicted molar refractivity (Wildman–Crippen MR) is 70.1 cm³/mol. The van der Waals surface area contributed by atoms with Crippen LogP contribution < -0.4 is 5.73 Å². The summed E-state index contributed by atoms with van der Waals surface area (Å²) in [6, 6.07) is 0. The zero-order valence-corrected chi connectivity index (χ0v) is 11.6. The lowest BCUT2D eigenvalue weighted by Crippen LogP contribution is -2.54. The van der Waals surface area contributed by atoms with E-state index < -0.39 is 0 Å². The van der Waals surface area contributed by atoms with Crippen LogP contribution in [-0.4, -0.2) is 57.5 Å². The first-order valence-corrected chi connectivity index (χ1v) is 6.61. The van der Waals surface area contributed by atoms with E-state index in [0.29, 0.717) is 0 Å². The molecule has 1 aliphatic carbocycles. The highest BCUT2D eigenvalue weighted by atomic mass is 16.5. The van der Waals surface area contributed by atoms with E-state index in [9.17, 15) is 0 Å². The maximum absolute atomic E-state index is 6.05. The Morgan fingerprint density at radius 2 is 1.82 bits per heavy atom. The van der Waals surface area contributed by atoms with Crippen LogP contribution in [0.4, 0.5) is 0 Å². The number of hydrogen-bond donors (Lipinski definition) is 1. The number of nitrogens with two attached hydrogens (primary N) is 1. The van der Waals surface area contributed by atoms with Gasteiger partial charge in [-0.05, 0) is 25.2 Å². The van der Waals surface area contributed by atoms with Crippen LogP contribution in [0.3, 0.4) is 0 Å². The summed E-state index contributed by atoms with van der Waals surface area (Å²) < 4.78 is 10.4. The molecule has 0 bridgehead atoms. The molecule has 2 atom stereocenters. The quantitative estimate of drug-likeness (QED) is 0.694. The van der Waals surface area contributed by atoms with Gasteiger partial charge in [-0.2, -0.15) is 0 Å². The Bertz CT molecular complexity index is 206. The Balaban J connectivity index is 2.63. The summed E-state index contributed by atoms with van der Waals surface area (Å²) in [5, 5.41) is 0. The summed E-state index contributed by atoms with van der Waals surface area (Å²) in [7, 11) is 3.50. The van der Waals surface area contributed by atoms with Crippen LogP contribution in [-0.2, 0) is 9.47 Å². The molecule has 0 amide bonds. The van der Waals surface area contributed by atoms with Gasteiger partial charge in [-0.1, -0.05) is 6.92 Å². The van der Waals surface area contributed by atoms with Gasteiger partial charge in [0.05, 0.1) is 13.2 Å². The van der Waals surface area contributed by atoms with Gasteiger partial charge in [0.2, 0.25) is 0 Å². The normalized spacial score (nSPS) is 29.1. The molecule has 2 N–H and O–H groups in total. The lowest BCUT2D eigenvalue weighted by Gasteiger charge is -2.41. The minimum absolute atomic E-state index is 0.177. The molecule has 0 aromatic heterocycles. The Kier molecular flexibility index (Phi) is 6.41. The minimum Gasteiger partial charge on any atom is -0.383 e. The molecule has 4 nitrogen and oxygen atoms in total. The highest BCUT2D eigenvalue weighted by molar-refractivity contribution is 4.98. The second kappa shape index (κ2) is 7.31. The van der Waals surface area contributed by atoms with E-state index in [4.69, 9.17) is 15.2 Å². The Labute approximate surface area is 105 Å². The monoisotopic (exact) mass is 244 g/mol. The van der Waals surface area contributed by atoms with Crippen LogP contribution in [0.25, 0.3) is 0 Å². The summed E-state index contributed by atoms with van der Waals surface area (Å²) in [5.74, 6) is 0.783. The van der Waals surface area contributed by atoms with Crippen molar-refractivity contribution in [2.24, 2.45) is 11.7 Å². The first-order chi connectivity index (χ1) is 8.18. The minimum atomic E-state index is 0.177. The average Bonchev–Trinajstić information content (AvgIpc) is 2.72. The van der Waals surface area contributed by atoms with E-state index in [-0.39, 0.29) is 5.54 Å². The molecule has 2 unspecified atom stereocenters. The number of nitrogens with zero attached hydrogens (tertiary/aromatic N) is 1. The van der Waals surface area contributed by atoms with Crippen molar-refractivity contribution in [2.75, 3.05) is 47.1 Å². The van der Waals surface area contributed by atoms with Gasteiger partial charge in [0.25, 0.3) is 0 Å². The smallest absolute Gasteiger partial charge is 0.0589 e. The van der Waals surface area contributed by atoms with E-state index in [1.807, 2.05) is 0 Å². The van der Waals surface area contributed by atoms with Gasteiger partial charge >= 0.3 is 0 Å². The molecular formula is C13H28N2O2. The molecule has 1 rings (SSSR count). The molecule has 0 aromatic carbocycles. The van der Waals surface area contributed by atoms with Gasteiger partial charge in [-0.3, -0.25) is 4.90 Å². The number of methoxy groups -OCH3 is 2. The van der Waals surface area contributed by atoms with Gasteiger partial charge in [0.15, 0.2) is 0 Å². The zero-order chi connectivity index (χ0) is 12.7. The highest BCUT2D eigenvalue weighted by Gasteiger charge is 2.40. The first-order valence-electron chi connectivity index (χ1n) is 6.61. The highest BCUT2D eigenvalue weighted by Crippen LogP contribution is 2.38. The summed E-state index contributed by atoms with van der Waals surface area (Å²) in [4.78, 5) is 2.48. The van der Waals surface area contributed by atoms with Crippen molar-refractivity contribution in [1.29, 1.82) is 0 Å². The largest absolute Gasteiger partial charge is 0.383 e. The molecular weight excluding hydrogens is 216 g/mol. The first kappa shape index (κ1) is 14.9. The van der Waals surface area contributed by atoms with E-state index in [1.165, 1.54) is 19.3 Å². The SMILES string of the molecule is COCCN(CCOC)C1(CN)CCC(C)C1. The van der Waals surface area contributed by atoms with Crippen molar-refractivity contribution >= 4 is 0 Å². The maximum atomic E-state index is 6.05. The molecule has 102 valence electrons. The maximum Gasteiger partial charge on any atom is 0.0589 e. The third kappa shape index (κ3) is 3.91. The number of rotatable bonds is 8. The molecule has 1 saturated carbocycles. The standard InChI is InChI=1S/C13H28N2O2/c1-12-4-5-13(10-12,11-14)15(6-8-16-2)7-9-17-3/h12H,4-11,14H2,1-3H3. The van der Waals surface area contributed by atoms with Crippen molar-refractivity contribution in [1.82, 2.24) is 4.90 Å². The van der Waals surface area contributed by atoms with Crippen molar-refractivity contribution < 1.29 is 9.47 Å². The Hall–Kier alpha value is -0.160. The fourth-order valence-electron chi connectivity index (χ4n) is 2.96. The van der Waals surface area contributed by atoms with E-state index in [0.717, 1.165) is 38.8 Å². The lowest BCUT2D eigenvalue weighted by molar-refractivity contribution is 0.0382. The molecule has 4 heteroatoms. The summed E-state index contributed by atoms with van der Waals surface area (Å²) >= 11 is 0. The summed E-state index contributed by atoms with van der Waals surface area (Å²) in [6.45, 7) is 6.49. The van der Waals surface area contributed by atoms with Crippen molar-refractivity contribution in [3.05, 3.63) is 0 Å². The fourth-order valence-corrected chi connectivity index (χ4v) is 2.96. The molecule has 1 aliphatic rings. The summed E-state index contributed by atoms with van der Waals surface area (Å²) in [5.41, 5.74) is 6.23. The summed E-state index contributed by atoms with van der Waals surface area (Å²) in [6.07, 6.45) is 3.70. The third-order valence-electron chi connectivity index (χ3n) is 4.01. The number of ether oxygens (including phenoxy) is 2. The molecule has 0 saturated heterocycles. The van der Waals surface area contributed by atoms with Crippen molar-refractivity contribution in [3.63, 3.8) is 0 Å². The van der Waals surface area contributed by atoms with Gasteiger partial charge in [-0.15, -0.1) is 0 Å². The van der Waals surface area contributed by atoms with Crippen molar-refractivity contribution in [2.45, 2.75) is 31.7 Å². The predicted octanol–water partition coefficient (Wildman–Crippen LogP) is 1.10. The fraction of sp³-hybridized carbons (Fsp3) is 1.00. The van der Waals surface area contributed by atoms with Gasteiger partial charge in [-0.25, -0.2) is 0 Å². The van der Waals surface area contributed by atoms with Crippen LogP contribution in [0, 0.1) is 5.92 Å². The lowest BCUT2D eigenvalue weighted by atomic mass is 9.93. The third-order valence-corrected chi connectivity index (χ3v) is 4.01. The topological polar surface area (TPSA) is 47.7 Å². The van der Waals surface area contributed by atoms with Gasteiger partial charge in [0.1, 0.15) is 0 Å². The zero-order valence-electron chi connectivity index (χ0n) is 11.6. The van der Waals surface area contributed by atoms with Crippen LogP contribution in [0.15, 0.2) is 0 Å². The van der Waals surface area contributed by atoms with Crippen LogP contribution >= 0.6 is 0 Å². The number of hydrogen-bond acceptors (Lipinski definition) is 4. The van der Waals surface area contributed by atoms with E-state index in [2.05, 4.69) is 11.8 Å². The van der Waals surface area contributed by atoms with E-state index in [1.54, 1.807) is 14.2 Å². The Morgan fingerprint density at radius 1 is 1.24 bits per heavy atom. The average molecular weight is 244 g/mol. The van der Waals surface area contributed by atoms with Crippen LogP contribution in [0.2, 0.25) is 0 Å². The van der Waals surface area contributed by atoms with Crippen LogP contribution in [0.5, 0.6) is 0 Å².